The highest BCUT2D eigenvalue weighted by molar-refractivity contribution is 5.80. The van der Waals surface area contributed by atoms with Crippen molar-refractivity contribution >= 4 is 11.5 Å². The molecule has 25 heavy (non-hydrogen) atoms. The SMILES string of the molecule is CCC(=O)CC1c2cc(OC)c(OC)cc2CCN1c1ccccc1. The van der Waals surface area contributed by atoms with Crippen molar-refractivity contribution in [3.05, 3.63) is 53.6 Å². The average molecular weight is 339 g/mol. The molecule has 1 aliphatic heterocycles. The van der Waals surface area contributed by atoms with Gasteiger partial charge in [0, 0.05) is 25.1 Å². The highest BCUT2D eigenvalue weighted by Gasteiger charge is 2.30. The lowest BCUT2D eigenvalue weighted by Gasteiger charge is -2.39. The molecule has 1 atom stereocenters. The molecule has 2 aromatic rings. The number of carbonyl (C=O) groups is 1. The molecule has 0 spiro atoms. The molecule has 0 saturated carbocycles. The van der Waals surface area contributed by atoms with Gasteiger partial charge in [0.15, 0.2) is 11.5 Å². The number of Topliss-reactive ketones (excluding diaryl/α,β-unsaturated/α-hetero) is 1. The Kier molecular flexibility index (Phi) is 5.27. The van der Waals surface area contributed by atoms with Crippen molar-refractivity contribution in [2.45, 2.75) is 32.2 Å². The number of carbonyl (C=O) groups excluding carboxylic acids is 1. The molecule has 0 amide bonds. The number of ether oxygens (including phenoxy) is 2. The number of nitrogens with zero attached hydrogens (tertiary/aromatic N) is 1. The fourth-order valence-electron chi connectivity index (χ4n) is 3.54. The second kappa shape index (κ2) is 7.60. The third kappa shape index (κ3) is 3.48. The van der Waals surface area contributed by atoms with E-state index in [1.165, 1.54) is 5.56 Å². The fourth-order valence-corrected chi connectivity index (χ4v) is 3.54. The first kappa shape index (κ1) is 17.3. The van der Waals surface area contributed by atoms with Gasteiger partial charge in [-0.15, -0.1) is 0 Å². The normalized spacial score (nSPS) is 16.3. The van der Waals surface area contributed by atoms with Gasteiger partial charge in [-0.05, 0) is 41.8 Å². The minimum Gasteiger partial charge on any atom is -0.493 e. The lowest BCUT2D eigenvalue weighted by molar-refractivity contribution is -0.119. The van der Waals surface area contributed by atoms with Crippen LogP contribution >= 0.6 is 0 Å². The third-order valence-corrected chi connectivity index (χ3v) is 4.91. The van der Waals surface area contributed by atoms with Crippen LogP contribution in [0.5, 0.6) is 11.5 Å². The number of para-hydroxylation sites is 1. The molecule has 2 aromatic carbocycles. The van der Waals surface area contributed by atoms with Gasteiger partial charge in [-0.25, -0.2) is 0 Å². The van der Waals surface area contributed by atoms with E-state index in [0.29, 0.717) is 18.6 Å². The summed E-state index contributed by atoms with van der Waals surface area (Å²) in [6.45, 7) is 2.81. The van der Waals surface area contributed by atoms with Crippen molar-refractivity contribution in [3.8, 4) is 11.5 Å². The Morgan fingerprint density at radius 3 is 2.44 bits per heavy atom. The number of benzene rings is 2. The highest BCUT2D eigenvalue weighted by atomic mass is 16.5. The van der Waals surface area contributed by atoms with Crippen LogP contribution in [0.1, 0.15) is 36.9 Å². The van der Waals surface area contributed by atoms with Crippen molar-refractivity contribution in [1.82, 2.24) is 0 Å². The predicted molar refractivity (Wildman–Crippen MR) is 99.7 cm³/mol. The molecule has 0 aliphatic carbocycles. The molecule has 0 saturated heterocycles. The summed E-state index contributed by atoms with van der Waals surface area (Å²) in [6.07, 6.45) is 1.98. The third-order valence-electron chi connectivity index (χ3n) is 4.91. The van der Waals surface area contributed by atoms with Crippen LogP contribution in [-0.4, -0.2) is 26.5 Å². The van der Waals surface area contributed by atoms with Gasteiger partial charge in [0.2, 0.25) is 0 Å². The largest absolute Gasteiger partial charge is 0.493 e. The molecular weight excluding hydrogens is 314 g/mol. The molecule has 4 heteroatoms. The van der Waals surface area contributed by atoms with E-state index in [4.69, 9.17) is 9.47 Å². The molecule has 0 bridgehead atoms. The summed E-state index contributed by atoms with van der Waals surface area (Å²) in [5.74, 6) is 1.73. The van der Waals surface area contributed by atoms with Gasteiger partial charge in [0.1, 0.15) is 5.78 Å². The van der Waals surface area contributed by atoms with Gasteiger partial charge in [-0.1, -0.05) is 25.1 Å². The summed E-state index contributed by atoms with van der Waals surface area (Å²) in [5, 5.41) is 0. The molecule has 0 radical (unpaired) electrons. The van der Waals surface area contributed by atoms with E-state index in [2.05, 4.69) is 23.1 Å². The second-order valence-electron chi connectivity index (χ2n) is 6.30. The van der Waals surface area contributed by atoms with Crippen LogP contribution in [0.3, 0.4) is 0 Å². The number of rotatable bonds is 6. The van der Waals surface area contributed by atoms with Crippen molar-refractivity contribution in [3.63, 3.8) is 0 Å². The fraction of sp³-hybridized carbons (Fsp3) is 0.381. The zero-order chi connectivity index (χ0) is 17.8. The number of anilines is 1. The Balaban J connectivity index is 2.06. The number of fused-ring (bicyclic) bond motifs is 1. The van der Waals surface area contributed by atoms with Gasteiger partial charge in [-0.3, -0.25) is 4.79 Å². The first-order chi connectivity index (χ1) is 12.2. The molecular formula is C21H25NO3. The van der Waals surface area contributed by atoms with Crippen LogP contribution in [0, 0.1) is 0 Å². The summed E-state index contributed by atoms with van der Waals surface area (Å²) in [6, 6.07) is 14.4. The molecule has 3 rings (SSSR count). The number of hydrogen-bond acceptors (Lipinski definition) is 4. The minimum atomic E-state index is 0.0263. The molecule has 1 heterocycles. The molecule has 0 N–H and O–H groups in total. The summed E-state index contributed by atoms with van der Waals surface area (Å²) in [7, 11) is 3.30. The van der Waals surface area contributed by atoms with E-state index in [1.54, 1.807) is 14.2 Å². The lowest BCUT2D eigenvalue weighted by atomic mass is 9.88. The van der Waals surface area contributed by atoms with Crippen molar-refractivity contribution in [2.24, 2.45) is 0 Å². The molecule has 0 aromatic heterocycles. The van der Waals surface area contributed by atoms with Crippen molar-refractivity contribution in [2.75, 3.05) is 25.7 Å². The average Bonchev–Trinajstić information content (AvgIpc) is 2.67. The Hall–Kier alpha value is -2.49. The molecule has 0 fully saturated rings. The zero-order valence-electron chi connectivity index (χ0n) is 15.1. The first-order valence-electron chi connectivity index (χ1n) is 8.76. The van der Waals surface area contributed by atoms with Crippen LogP contribution < -0.4 is 14.4 Å². The topological polar surface area (TPSA) is 38.8 Å². The van der Waals surface area contributed by atoms with Gasteiger partial charge >= 0.3 is 0 Å². The number of hydrogen-bond donors (Lipinski definition) is 0. The lowest BCUT2D eigenvalue weighted by Crippen LogP contribution is -2.36. The molecule has 1 aliphatic rings. The summed E-state index contributed by atoms with van der Waals surface area (Å²) < 4.78 is 10.9. The van der Waals surface area contributed by atoms with Gasteiger partial charge < -0.3 is 14.4 Å². The second-order valence-corrected chi connectivity index (χ2v) is 6.30. The van der Waals surface area contributed by atoms with E-state index in [-0.39, 0.29) is 11.8 Å². The summed E-state index contributed by atoms with van der Waals surface area (Å²) in [4.78, 5) is 14.6. The monoisotopic (exact) mass is 339 g/mol. The highest BCUT2D eigenvalue weighted by Crippen LogP contribution is 2.41. The van der Waals surface area contributed by atoms with E-state index in [1.807, 2.05) is 31.2 Å². The predicted octanol–water partition coefficient (Wildman–Crippen LogP) is 4.18. The number of ketones is 1. The maximum Gasteiger partial charge on any atom is 0.161 e. The quantitative estimate of drug-likeness (QED) is 0.791. The van der Waals surface area contributed by atoms with Crippen LogP contribution in [0.15, 0.2) is 42.5 Å². The first-order valence-corrected chi connectivity index (χ1v) is 8.76. The Bertz CT molecular complexity index is 742. The van der Waals surface area contributed by atoms with Crippen molar-refractivity contribution < 1.29 is 14.3 Å². The van der Waals surface area contributed by atoms with Crippen LogP contribution in [0.2, 0.25) is 0 Å². The molecule has 132 valence electrons. The van der Waals surface area contributed by atoms with E-state index < -0.39 is 0 Å². The van der Waals surface area contributed by atoms with Gasteiger partial charge in [0.25, 0.3) is 0 Å². The van der Waals surface area contributed by atoms with E-state index in [9.17, 15) is 4.79 Å². The van der Waals surface area contributed by atoms with Crippen LogP contribution in [-0.2, 0) is 11.2 Å². The smallest absolute Gasteiger partial charge is 0.161 e. The maximum atomic E-state index is 12.3. The zero-order valence-corrected chi connectivity index (χ0v) is 15.1. The molecule has 1 unspecified atom stereocenters. The maximum absolute atomic E-state index is 12.3. The standard InChI is InChI=1S/C21H25NO3/c1-4-17(23)13-19-18-14-21(25-3)20(24-2)12-15(18)10-11-22(19)16-8-6-5-7-9-16/h5-9,12,14,19H,4,10-11,13H2,1-3H3. The number of methoxy groups -OCH3 is 2. The summed E-state index contributed by atoms with van der Waals surface area (Å²) >= 11 is 0. The van der Waals surface area contributed by atoms with E-state index >= 15 is 0 Å². The van der Waals surface area contributed by atoms with Crippen molar-refractivity contribution in [1.29, 1.82) is 0 Å². The van der Waals surface area contributed by atoms with Gasteiger partial charge in [-0.2, -0.15) is 0 Å². The Morgan fingerprint density at radius 2 is 1.80 bits per heavy atom. The Morgan fingerprint density at radius 1 is 1.12 bits per heavy atom. The van der Waals surface area contributed by atoms with E-state index in [0.717, 1.165) is 30.0 Å². The Labute approximate surface area is 149 Å². The van der Waals surface area contributed by atoms with Crippen LogP contribution in [0.4, 0.5) is 5.69 Å². The molecule has 4 nitrogen and oxygen atoms in total. The van der Waals surface area contributed by atoms with Gasteiger partial charge in [0.05, 0.1) is 20.3 Å². The summed E-state index contributed by atoms with van der Waals surface area (Å²) in [5.41, 5.74) is 3.55. The van der Waals surface area contributed by atoms with Crippen LogP contribution in [0.25, 0.3) is 0 Å². The minimum absolute atomic E-state index is 0.0263.